The Morgan fingerprint density at radius 2 is 2.54 bits per heavy atom. The number of anilines is 1. The molecule has 0 aromatic carbocycles. The summed E-state index contributed by atoms with van der Waals surface area (Å²) in [5, 5.41) is 9.04. The molecule has 0 radical (unpaired) electrons. The molecule has 1 aromatic heterocycles. The van der Waals surface area contributed by atoms with Gasteiger partial charge in [0.15, 0.2) is 0 Å². The van der Waals surface area contributed by atoms with Gasteiger partial charge in [-0.05, 0) is 24.8 Å². The zero-order valence-corrected chi connectivity index (χ0v) is 7.16. The molecule has 13 heavy (non-hydrogen) atoms. The van der Waals surface area contributed by atoms with Gasteiger partial charge in [-0.15, -0.1) is 0 Å². The highest BCUT2D eigenvalue weighted by Crippen LogP contribution is 2.29. The van der Waals surface area contributed by atoms with Gasteiger partial charge in [0.25, 0.3) is 0 Å². The van der Waals surface area contributed by atoms with Gasteiger partial charge in [0.2, 0.25) is 5.91 Å². The number of H-pyrrole nitrogens is 1. The van der Waals surface area contributed by atoms with E-state index in [2.05, 4.69) is 15.5 Å². The average Bonchev–Trinajstić information content (AvgIpc) is 2.82. The van der Waals surface area contributed by atoms with Gasteiger partial charge in [0.1, 0.15) is 5.82 Å². The normalized spacial score (nSPS) is 16.3. The van der Waals surface area contributed by atoms with E-state index in [0.717, 1.165) is 0 Å². The summed E-state index contributed by atoms with van der Waals surface area (Å²) in [4.78, 5) is 11.2. The number of amides is 1. The first kappa shape index (κ1) is 8.04. The summed E-state index contributed by atoms with van der Waals surface area (Å²) in [5.41, 5.74) is 0. The lowest BCUT2D eigenvalue weighted by Crippen LogP contribution is -2.08. The maximum absolute atomic E-state index is 11.2. The zero-order valence-electron chi connectivity index (χ0n) is 7.16. The molecule has 1 aliphatic rings. The summed E-state index contributed by atoms with van der Waals surface area (Å²) < 4.78 is 0. The van der Waals surface area contributed by atoms with Crippen molar-refractivity contribution in [1.82, 2.24) is 10.2 Å². The first-order valence-electron chi connectivity index (χ1n) is 4.33. The molecule has 1 fully saturated rings. The first-order chi connectivity index (χ1) is 6.34. The summed E-state index contributed by atoms with van der Waals surface area (Å²) in [5.74, 6) is 1.16. The fraction of sp³-hybridized carbons (Fsp3) is 0.333. The molecule has 0 saturated heterocycles. The van der Waals surface area contributed by atoms with E-state index in [1.807, 2.05) is 6.08 Å². The van der Waals surface area contributed by atoms with Crippen LogP contribution in [-0.4, -0.2) is 16.1 Å². The van der Waals surface area contributed by atoms with Crippen LogP contribution in [-0.2, 0) is 4.79 Å². The zero-order chi connectivity index (χ0) is 9.10. The minimum Gasteiger partial charge on any atom is -0.307 e. The largest absolute Gasteiger partial charge is 0.307 e. The number of allylic oxidation sites excluding steroid dienone is 1. The Balaban J connectivity index is 1.84. The van der Waals surface area contributed by atoms with Crippen LogP contribution in [0.25, 0.3) is 0 Å². The lowest BCUT2D eigenvalue weighted by Gasteiger charge is -1.95. The Hall–Kier alpha value is -1.58. The van der Waals surface area contributed by atoms with Gasteiger partial charge >= 0.3 is 0 Å². The van der Waals surface area contributed by atoms with Crippen molar-refractivity contribution in [3.63, 3.8) is 0 Å². The Labute approximate surface area is 76.0 Å². The van der Waals surface area contributed by atoms with Crippen LogP contribution in [0.4, 0.5) is 5.82 Å². The molecular weight excluding hydrogens is 166 g/mol. The van der Waals surface area contributed by atoms with E-state index in [9.17, 15) is 4.79 Å². The number of aromatic amines is 1. The highest BCUT2D eigenvalue weighted by atomic mass is 16.1. The number of nitrogens with one attached hydrogen (secondary N) is 2. The lowest BCUT2D eigenvalue weighted by molar-refractivity contribution is -0.111. The molecule has 1 saturated carbocycles. The molecule has 1 aromatic rings. The molecule has 68 valence electrons. The minimum atomic E-state index is -0.101. The number of nitrogens with zero attached hydrogens (tertiary/aromatic N) is 1. The van der Waals surface area contributed by atoms with Crippen LogP contribution in [0.2, 0.25) is 0 Å². The van der Waals surface area contributed by atoms with Crippen LogP contribution < -0.4 is 5.32 Å². The minimum absolute atomic E-state index is 0.101. The third kappa shape index (κ3) is 2.43. The number of hydrogen-bond acceptors (Lipinski definition) is 2. The van der Waals surface area contributed by atoms with Crippen LogP contribution in [0.1, 0.15) is 12.8 Å². The van der Waals surface area contributed by atoms with Crippen molar-refractivity contribution in [2.24, 2.45) is 5.92 Å². The Bertz CT molecular complexity index is 312. The van der Waals surface area contributed by atoms with Gasteiger partial charge < -0.3 is 5.32 Å². The van der Waals surface area contributed by atoms with Crippen molar-refractivity contribution >= 4 is 11.7 Å². The van der Waals surface area contributed by atoms with Gasteiger partial charge in [-0.3, -0.25) is 9.89 Å². The van der Waals surface area contributed by atoms with Crippen LogP contribution >= 0.6 is 0 Å². The molecular formula is C9H11N3O. The van der Waals surface area contributed by atoms with E-state index in [-0.39, 0.29) is 5.91 Å². The Kier molecular flexibility index (Phi) is 2.12. The summed E-state index contributed by atoms with van der Waals surface area (Å²) in [6, 6.07) is 1.71. The maximum atomic E-state index is 11.2. The van der Waals surface area contributed by atoms with Crippen molar-refractivity contribution < 1.29 is 4.79 Å². The molecule has 2 N–H and O–H groups in total. The summed E-state index contributed by atoms with van der Waals surface area (Å²) >= 11 is 0. The molecule has 2 rings (SSSR count). The molecule has 1 aliphatic carbocycles. The number of rotatable bonds is 3. The van der Waals surface area contributed by atoms with E-state index < -0.39 is 0 Å². The predicted octanol–water partition coefficient (Wildman–Crippen LogP) is 1.31. The standard InChI is InChI=1S/C9H11N3O/c13-9(4-3-7-1-2-7)11-8-5-6-10-12-8/h3-7H,1-2H2,(H2,10,11,12,13)/b4-3+. The Morgan fingerprint density at radius 3 is 3.15 bits per heavy atom. The quantitative estimate of drug-likeness (QED) is 0.684. The molecule has 0 aliphatic heterocycles. The smallest absolute Gasteiger partial charge is 0.249 e. The molecule has 0 bridgehead atoms. The van der Waals surface area contributed by atoms with E-state index in [1.165, 1.54) is 12.8 Å². The van der Waals surface area contributed by atoms with Gasteiger partial charge in [0, 0.05) is 6.07 Å². The van der Waals surface area contributed by atoms with Crippen LogP contribution in [0.15, 0.2) is 24.4 Å². The third-order valence-electron chi connectivity index (χ3n) is 1.90. The number of carbonyl (C=O) groups is 1. The number of aromatic nitrogens is 2. The first-order valence-corrected chi connectivity index (χ1v) is 4.33. The number of hydrogen-bond donors (Lipinski definition) is 2. The topological polar surface area (TPSA) is 57.8 Å². The highest BCUT2D eigenvalue weighted by Gasteiger charge is 2.17. The second-order valence-corrected chi connectivity index (χ2v) is 3.16. The van der Waals surface area contributed by atoms with E-state index in [0.29, 0.717) is 11.7 Å². The summed E-state index contributed by atoms with van der Waals surface area (Å²) in [6.45, 7) is 0. The summed E-state index contributed by atoms with van der Waals surface area (Å²) in [7, 11) is 0. The molecule has 0 atom stereocenters. The van der Waals surface area contributed by atoms with Crippen LogP contribution in [0.3, 0.4) is 0 Å². The van der Waals surface area contributed by atoms with Gasteiger partial charge in [0.05, 0.1) is 6.20 Å². The molecule has 0 unspecified atom stereocenters. The third-order valence-corrected chi connectivity index (χ3v) is 1.90. The van der Waals surface area contributed by atoms with Crippen molar-refractivity contribution in [3.05, 3.63) is 24.4 Å². The SMILES string of the molecule is O=C(/C=C/C1CC1)Nc1ccn[nH]1. The van der Waals surface area contributed by atoms with E-state index in [1.54, 1.807) is 18.3 Å². The maximum Gasteiger partial charge on any atom is 0.249 e. The summed E-state index contributed by atoms with van der Waals surface area (Å²) in [6.07, 6.45) is 7.56. The Morgan fingerprint density at radius 1 is 1.69 bits per heavy atom. The molecule has 1 heterocycles. The van der Waals surface area contributed by atoms with E-state index in [4.69, 9.17) is 0 Å². The van der Waals surface area contributed by atoms with Crippen molar-refractivity contribution in [2.75, 3.05) is 5.32 Å². The molecule has 1 amide bonds. The fourth-order valence-electron chi connectivity index (χ4n) is 1.01. The van der Waals surface area contributed by atoms with Gasteiger partial charge in [-0.25, -0.2) is 0 Å². The van der Waals surface area contributed by atoms with Crippen molar-refractivity contribution in [3.8, 4) is 0 Å². The monoisotopic (exact) mass is 177 g/mol. The van der Waals surface area contributed by atoms with Gasteiger partial charge in [-0.1, -0.05) is 6.08 Å². The average molecular weight is 177 g/mol. The highest BCUT2D eigenvalue weighted by molar-refractivity contribution is 5.98. The van der Waals surface area contributed by atoms with Crippen LogP contribution in [0.5, 0.6) is 0 Å². The molecule has 0 spiro atoms. The lowest BCUT2D eigenvalue weighted by atomic mass is 10.3. The van der Waals surface area contributed by atoms with Crippen molar-refractivity contribution in [1.29, 1.82) is 0 Å². The second-order valence-electron chi connectivity index (χ2n) is 3.16. The second kappa shape index (κ2) is 3.43. The van der Waals surface area contributed by atoms with Crippen LogP contribution in [0, 0.1) is 5.92 Å². The molecule has 4 nitrogen and oxygen atoms in total. The van der Waals surface area contributed by atoms with Crippen molar-refractivity contribution in [2.45, 2.75) is 12.8 Å². The predicted molar refractivity (Wildman–Crippen MR) is 49.1 cm³/mol. The van der Waals surface area contributed by atoms with E-state index >= 15 is 0 Å². The fourth-order valence-corrected chi connectivity index (χ4v) is 1.01. The molecule has 4 heteroatoms. The van der Waals surface area contributed by atoms with Gasteiger partial charge in [-0.2, -0.15) is 5.10 Å². The number of carbonyl (C=O) groups excluding carboxylic acids is 1.